The Bertz CT molecular complexity index is 364. The molecule has 0 aliphatic rings. The maximum Gasteiger partial charge on any atom is 0.323 e. The second-order valence-corrected chi connectivity index (χ2v) is 3.55. The minimum Gasteiger partial charge on any atom is -0.480 e. The Morgan fingerprint density at radius 2 is 2.35 bits per heavy atom. The third kappa shape index (κ3) is 4.54. The molecule has 0 unspecified atom stereocenters. The van der Waals surface area contributed by atoms with Crippen molar-refractivity contribution < 1.29 is 14.7 Å². The Balaban J connectivity index is 2.44. The van der Waals surface area contributed by atoms with Crippen molar-refractivity contribution >= 4 is 12.0 Å². The van der Waals surface area contributed by atoms with Gasteiger partial charge in [-0.2, -0.15) is 0 Å². The van der Waals surface area contributed by atoms with Gasteiger partial charge in [0.2, 0.25) is 0 Å². The number of hydrogen-bond acceptors (Lipinski definition) is 3. The van der Waals surface area contributed by atoms with E-state index in [-0.39, 0.29) is 12.6 Å². The van der Waals surface area contributed by atoms with Crippen molar-refractivity contribution in [3.8, 4) is 0 Å². The number of amides is 2. The number of H-pyrrole nitrogens is 1. The first-order valence-electron chi connectivity index (χ1n) is 5.35. The molecule has 1 heterocycles. The molecule has 2 amide bonds. The molecule has 7 heteroatoms. The topological polar surface area (TPSA) is 98.3 Å². The predicted octanol–water partition coefficient (Wildman–Crippen LogP) is 0.416. The second kappa shape index (κ2) is 6.51. The second-order valence-electron chi connectivity index (χ2n) is 3.55. The fourth-order valence-corrected chi connectivity index (χ4v) is 1.35. The van der Waals surface area contributed by atoms with E-state index < -0.39 is 5.97 Å². The van der Waals surface area contributed by atoms with Gasteiger partial charge in [0.1, 0.15) is 6.54 Å². The highest BCUT2D eigenvalue weighted by Crippen LogP contribution is 1.95. The molecule has 0 saturated carbocycles. The van der Waals surface area contributed by atoms with Gasteiger partial charge in [-0.15, -0.1) is 0 Å². The monoisotopic (exact) mass is 240 g/mol. The highest BCUT2D eigenvalue weighted by molar-refractivity contribution is 5.79. The minimum atomic E-state index is -1.02. The highest BCUT2D eigenvalue weighted by Gasteiger charge is 2.15. The van der Waals surface area contributed by atoms with Crippen LogP contribution in [0.3, 0.4) is 0 Å². The zero-order valence-corrected chi connectivity index (χ0v) is 9.64. The van der Waals surface area contributed by atoms with Gasteiger partial charge in [-0.05, 0) is 6.42 Å². The number of aliphatic carboxylic acids is 1. The van der Waals surface area contributed by atoms with Crippen molar-refractivity contribution in [2.75, 3.05) is 13.1 Å². The summed E-state index contributed by atoms with van der Waals surface area (Å²) >= 11 is 0. The van der Waals surface area contributed by atoms with Crippen LogP contribution >= 0.6 is 0 Å². The molecule has 0 fully saturated rings. The van der Waals surface area contributed by atoms with Crippen molar-refractivity contribution in [3.63, 3.8) is 0 Å². The molecule has 7 nitrogen and oxygen atoms in total. The number of nitrogens with zero attached hydrogens (tertiary/aromatic N) is 2. The third-order valence-corrected chi connectivity index (χ3v) is 2.09. The Hall–Kier alpha value is -2.05. The van der Waals surface area contributed by atoms with E-state index in [4.69, 9.17) is 5.11 Å². The maximum atomic E-state index is 11.7. The van der Waals surface area contributed by atoms with Gasteiger partial charge in [0.25, 0.3) is 0 Å². The highest BCUT2D eigenvalue weighted by atomic mass is 16.4. The largest absolute Gasteiger partial charge is 0.480 e. The molecule has 0 atom stereocenters. The average molecular weight is 240 g/mol. The minimum absolute atomic E-state index is 0.289. The smallest absolute Gasteiger partial charge is 0.323 e. The number of carboxylic acids is 1. The van der Waals surface area contributed by atoms with Crippen molar-refractivity contribution in [1.82, 2.24) is 20.2 Å². The zero-order chi connectivity index (χ0) is 12.7. The third-order valence-electron chi connectivity index (χ3n) is 2.09. The average Bonchev–Trinajstić information content (AvgIpc) is 2.77. The van der Waals surface area contributed by atoms with E-state index in [1.54, 1.807) is 6.20 Å². The number of nitrogens with one attached hydrogen (secondary N) is 2. The van der Waals surface area contributed by atoms with Crippen LogP contribution in [0.1, 0.15) is 19.0 Å². The summed E-state index contributed by atoms with van der Waals surface area (Å²) in [5.74, 6) is -1.02. The normalized spacial score (nSPS) is 9.94. The molecular weight excluding hydrogens is 224 g/mol. The molecule has 0 spiro atoms. The Kier molecular flexibility index (Phi) is 4.99. The van der Waals surface area contributed by atoms with Gasteiger partial charge in [0, 0.05) is 12.7 Å². The summed E-state index contributed by atoms with van der Waals surface area (Å²) in [5.41, 5.74) is 0.769. The van der Waals surface area contributed by atoms with Crippen LogP contribution in [0, 0.1) is 0 Å². The van der Waals surface area contributed by atoms with Crippen molar-refractivity contribution in [1.29, 1.82) is 0 Å². The number of carboxylic acid groups (broad SMARTS) is 1. The van der Waals surface area contributed by atoms with E-state index in [1.807, 2.05) is 6.92 Å². The first kappa shape index (κ1) is 13.0. The van der Waals surface area contributed by atoms with Gasteiger partial charge in [-0.3, -0.25) is 4.79 Å². The number of aromatic amines is 1. The van der Waals surface area contributed by atoms with Crippen molar-refractivity contribution in [2.24, 2.45) is 0 Å². The van der Waals surface area contributed by atoms with Crippen molar-refractivity contribution in [2.45, 2.75) is 19.9 Å². The summed E-state index contributed by atoms with van der Waals surface area (Å²) in [6.45, 7) is 2.32. The summed E-state index contributed by atoms with van der Waals surface area (Å²) in [6.07, 6.45) is 3.83. The molecule has 94 valence electrons. The quantitative estimate of drug-likeness (QED) is 0.671. The van der Waals surface area contributed by atoms with E-state index >= 15 is 0 Å². The van der Waals surface area contributed by atoms with Crippen LogP contribution in [0.2, 0.25) is 0 Å². The Labute approximate surface area is 98.8 Å². The summed E-state index contributed by atoms with van der Waals surface area (Å²) in [4.78, 5) is 30.2. The first-order chi connectivity index (χ1) is 8.13. The van der Waals surface area contributed by atoms with Crippen molar-refractivity contribution in [3.05, 3.63) is 18.2 Å². The first-order valence-corrected chi connectivity index (χ1v) is 5.35. The summed E-state index contributed by atoms with van der Waals surface area (Å²) in [5, 5.41) is 11.3. The van der Waals surface area contributed by atoms with Crippen LogP contribution in [0.15, 0.2) is 12.5 Å². The number of carbonyl (C=O) groups is 2. The number of carbonyl (C=O) groups excluding carboxylic acids is 1. The zero-order valence-electron chi connectivity index (χ0n) is 9.64. The van der Waals surface area contributed by atoms with Crippen LogP contribution < -0.4 is 5.32 Å². The molecular formula is C10H16N4O3. The molecule has 3 N–H and O–H groups in total. The standard InChI is InChI=1S/C10H16N4O3/c1-2-3-14(6-9(15)16)10(17)12-5-8-4-11-7-13-8/h4,7H,2-3,5-6H2,1H3,(H,11,13)(H,12,17)(H,15,16). The molecule has 1 aromatic rings. The van der Waals surface area contributed by atoms with Crippen LogP contribution in [0.25, 0.3) is 0 Å². The molecule has 17 heavy (non-hydrogen) atoms. The predicted molar refractivity (Wildman–Crippen MR) is 60.3 cm³/mol. The van der Waals surface area contributed by atoms with E-state index in [9.17, 15) is 9.59 Å². The SMILES string of the molecule is CCCN(CC(=O)O)C(=O)NCc1cnc[nH]1. The lowest BCUT2D eigenvalue weighted by Crippen LogP contribution is -2.42. The fraction of sp³-hybridized carbons (Fsp3) is 0.500. The molecule has 0 radical (unpaired) electrons. The van der Waals surface area contributed by atoms with Crippen LogP contribution in [-0.2, 0) is 11.3 Å². The summed E-state index contributed by atoms with van der Waals surface area (Å²) in [6, 6.07) is -0.385. The van der Waals surface area contributed by atoms with Gasteiger partial charge >= 0.3 is 12.0 Å². The van der Waals surface area contributed by atoms with E-state index in [1.165, 1.54) is 11.2 Å². The van der Waals surface area contributed by atoms with E-state index in [0.29, 0.717) is 19.5 Å². The molecule has 1 rings (SSSR count). The van der Waals surface area contributed by atoms with Gasteiger partial charge in [-0.25, -0.2) is 9.78 Å². The van der Waals surface area contributed by atoms with Gasteiger partial charge in [0.05, 0.1) is 18.6 Å². The fourth-order valence-electron chi connectivity index (χ4n) is 1.35. The number of imidazole rings is 1. The maximum absolute atomic E-state index is 11.7. The number of rotatable bonds is 6. The van der Waals surface area contributed by atoms with Crippen LogP contribution in [0.4, 0.5) is 4.79 Å². The molecule has 0 aliphatic heterocycles. The van der Waals surface area contributed by atoms with Crippen LogP contribution in [0.5, 0.6) is 0 Å². The Morgan fingerprint density at radius 3 is 2.88 bits per heavy atom. The summed E-state index contributed by atoms with van der Waals surface area (Å²) in [7, 11) is 0. The van der Waals surface area contributed by atoms with Gasteiger partial charge in [-0.1, -0.05) is 6.92 Å². The molecule has 0 aromatic carbocycles. The molecule has 1 aromatic heterocycles. The summed E-state index contributed by atoms with van der Waals surface area (Å²) < 4.78 is 0. The van der Waals surface area contributed by atoms with Gasteiger partial charge < -0.3 is 20.3 Å². The molecule has 0 bridgehead atoms. The lowest BCUT2D eigenvalue weighted by atomic mass is 10.4. The lowest BCUT2D eigenvalue weighted by Gasteiger charge is -2.20. The van der Waals surface area contributed by atoms with Crippen LogP contribution in [-0.4, -0.2) is 45.1 Å². The number of aromatic nitrogens is 2. The number of hydrogen-bond donors (Lipinski definition) is 3. The lowest BCUT2D eigenvalue weighted by molar-refractivity contribution is -0.137. The van der Waals surface area contributed by atoms with Gasteiger partial charge in [0.15, 0.2) is 0 Å². The van der Waals surface area contributed by atoms with E-state index in [0.717, 1.165) is 5.69 Å². The Morgan fingerprint density at radius 1 is 1.59 bits per heavy atom. The molecule has 0 saturated heterocycles. The van der Waals surface area contributed by atoms with E-state index in [2.05, 4.69) is 15.3 Å². The molecule has 0 aliphatic carbocycles. The number of urea groups is 1.